The van der Waals surface area contributed by atoms with Crippen LogP contribution in [0.1, 0.15) is 18.4 Å². The fraction of sp³-hybridized carbons (Fsp3) is 0.357. The van der Waals surface area contributed by atoms with Gasteiger partial charge in [0, 0.05) is 19.9 Å². The van der Waals surface area contributed by atoms with Crippen LogP contribution in [0.15, 0.2) is 30.3 Å². The monoisotopic (exact) mass is 263 g/mol. The molecule has 0 saturated heterocycles. The molecule has 0 aliphatic carbocycles. The van der Waals surface area contributed by atoms with Gasteiger partial charge in [-0.3, -0.25) is 9.59 Å². The lowest BCUT2D eigenvalue weighted by Crippen LogP contribution is -2.32. The predicted molar refractivity (Wildman–Crippen MR) is 69.2 cm³/mol. The third kappa shape index (κ3) is 5.81. The highest BCUT2D eigenvalue weighted by molar-refractivity contribution is 5.82. The van der Waals surface area contributed by atoms with Crippen molar-refractivity contribution in [2.45, 2.75) is 19.4 Å². The predicted octanol–water partition coefficient (Wildman–Crippen LogP) is 1.17. The standard InChI is InChI=1S/C14H17NO4/c1-15(13(17)8-5-9-16)10-14(18)19-11-12-6-3-2-4-7-12/h2-4,6-7,9H,5,8,10-11H2,1H3. The van der Waals surface area contributed by atoms with E-state index in [4.69, 9.17) is 4.74 Å². The first-order chi connectivity index (χ1) is 9.13. The molecule has 0 atom stereocenters. The van der Waals surface area contributed by atoms with E-state index in [0.717, 1.165) is 5.56 Å². The van der Waals surface area contributed by atoms with Crippen LogP contribution in [0.5, 0.6) is 0 Å². The number of carbonyl (C=O) groups is 3. The van der Waals surface area contributed by atoms with E-state index < -0.39 is 5.97 Å². The Morgan fingerprint density at radius 2 is 1.95 bits per heavy atom. The van der Waals surface area contributed by atoms with E-state index in [0.29, 0.717) is 6.29 Å². The molecule has 0 aromatic heterocycles. The van der Waals surface area contributed by atoms with Crippen LogP contribution in [0.4, 0.5) is 0 Å². The number of likely N-dealkylation sites (N-methyl/N-ethyl adjacent to an activating group) is 1. The van der Waals surface area contributed by atoms with Crippen molar-refractivity contribution in [3.63, 3.8) is 0 Å². The first-order valence-corrected chi connectivity index (χ1v) is 6.00. The molecule has 5 nitrogen and oxygen atoms in total. The molecule has 0 bridgehead atoms. The summed E-state index contributed by atoms with van der Waals surface area (Å²) in [4.78, 5) is 34.4. The summed E-state index contributed by atoms with van der Waals surface area (Å²) in [7, 11) is 1.51. The quantitative estimate of drug-likeness (QED) is 0.547. The van der Waals surface area contributed by atoms with Crippen molar-refractivity contribution in [1.29, 1.82) is 0 Å². The Hall–Kier alpha value is -2.17. The van der Waals surface area contributed by atoms with Gasteiger partial charge in [-0.05, 0) is 5.56 Å². The zero-order valence-corrected chi connectivity index (χ0v) is 10.9. The van der Waals surface area contributed by atoms with Gasteiger partial charge < -0.3 is 14.4 Å². The molecule has 0 aliphatic rings. The number of hydrogen-bond donors (Lipinski definition) is 0. The Labute approximate surface area is 112 Å². The first-order valence-electron chi connectivity index (χ1n) is 6.00. The molecular weight excluding hydrogens is 246 g/mol. The minimum atomic E-state index is -0.467. The summed E-state index contributed by atoms with van der Waals surface area (Å²) in [5.74, 6) is -0.713. The Kier molecular flexibility index (Phi) is 6.29. The van der Waals surface area contributed by atoms with E-state index in [1.54, 1.807) is 0 Å². The number of nitrogens with zero attached hydrogens (tertiary/aromatic N) is 1. The molecule has 5 heteroatoms. The number of hydrogen-bond acceptors (Lipinski definition) is 4. The van der Waals surface area contributed by atoms with Crippen LogP contribution in [0.3, 0.4) is 0 Å². The molecule has 1 aromatic rings. The van der Waals surface area contributed by atoms with E-state index in [-0.39, 0.29) is 31.9 Å². The number of rotatable bonds is 7. The van der Waals surface area contributed by atoms with Crippen LogP contribution >= 0.6 is 0 Å². The van der Waals surface area contributed by atoms with Gasteiger partial charge in [-0.2, -0.15) is 0 Å². The van der Waals surface area contributed by atoms with Gasteiger partial charge in [0.25, 0.3) is 0 Å². The first kappa shape index (κ1) is 14.9. The lowest BCUT2D eigenvalue weighted by molar-refractivity contribution is -0.149. The van der Waals surface area contributed by atoms with E-state index >= 15 is 0 Å². The van der Waals surface area contributed by atoms with Gasteiger partial charge in [-0.15, -0.1) is 0 Å². The SMILES string of the molecule is CN(CC(=O)OCc1ccccc1)C(=O)CCC=O. The van der Waals surface area contributed by atoms with Gasteiger partial charge in [0.1, 0.15) is 19.4 Å². The Morgan fingerprint density at radius 3 is 2.58 bits per heavy atom. The molecule has 102 valence electrons. The zero-order chi connectivity index (χ0) is 14.1. The van der Waals surface area contributed by atoms with Crippen molar-refractivity contribution >= 4 is 18.2 Å². The highest BCUT2D eigenvalue weighted by Crippen LogP contribution is 2.01. The molecular formula is C14H17NO4. The number of carbonyl (C=O) groups excluding carboxylic acids is 3. The molecule has 1 aromatic carbocycles. The maximum atomic E-state index is 11.5. The molecule has 0 fully saturated rings. The van der Waals surface area contributed by atoms with E-state index in [1.807, 2.05) is 30.3 Å². The maximum absolute atomic E-state index is 11.5. The van der Waals surface area contributed by atoms with Crippen LogP contribution in [0.25, 0.3) is 0 Å². The summed E-state index contributed by atoms with van der Waals surface area (Å²) < 4.78 is 5.05. The van der Waals surface area contributed by atoms with E-state index in [9.17, 15) is 14.4 Å². The van der Waals surface area contributed by atoms with Gasteiger partial charge in [-0.1, -0.05) is 30.3 Å². The third-order valence-electron chi connectivity index (χ3n) is 2.51. The van der Waals surface area contributed by atoms with Crippen molar-refractivity contribution in [2.24, 2.45) is 0 Å². The second-order valence-electron chi connectivity index (χ2n) is 4.10. The fourth-order valence-corrected chi connectivity index (χ4v) is 1.44. The van der Waals surface area contributed by atoms with Gasteiger partial charge in [-0.25, -0.2) is 0 Å². The smallest absolute Gasteiger partial charge is 0.325 e. The van der Waals surface area contributed by atoms with E-state index in [1.165, 1.54) is 11.9 Å². The molecule has 0 aliphatic heterocycles. The maximum Gasteiger partial charge on any atom is 0.325 e. The van der Waals surface area contributed by atoms with Crippen LogP contribution < -0.4 is 0 Å². The number of benzene rings is 1. The summed E-state index contributed by atoms with van der Waals surface area (Å²) in [6.07, 6.45) is 0.966. The Bertz CT molecular complexity index is 430. The minimum absolute atomic E-state index is 0.107. The van der Waals surface area contributed by atoms with Crippen LogP contribution in [-0.2, 0) is 25.7 Å². The van der Waals surface area contributed by atoms with Gasteiger partial charge in [0.05, 0.1) is 0 Å². The third-order valence-corrected chi connectivity index (χ3v) is 2.51. The second kappa shape index (κ2) is 8.02. The fourth-order valence-electron chi connectivity index (χ4n) is 1.44. The van der Waals surface area contributed by atoms with Crippen molar-refractivity contribution in [1.82, 2.24) is 4.90 Å². The Morgan fingerprint density at radius 1 is 1.26 bits per heavy atom. The van der Waals surface area contributed by atoms with Crippen LogP contribution in [-0.4, -0.2) is 36.7 Å². The number of esters is 1. The largest absolute Gasteiger partial charge is 0.459 e. The highest BCUT2D eigenvalue weighted by atomic mass is 16.5. The minimum Gasteiger partial charge on any atom is -0.459 e. The number of amides is 1. The molecule has 1 amide bonds. The zero-order valence-electron chi connectivity index (χ0n) is 10.9. The summed E-state index contributed by atoms with van der Waals surface area (Å²) in [6.45, 7) is 0.0839. The summed E-state index contributed by atoms with van der Waals surface area (Å²) in [5.41, 5.74) is 0.894. The van der Waals surface area contributed by atoms with Crippen molar-refractivity contribution in [3.8, 4) is 0 Å². The van der Waals surface area contributed by atoms with Crippen molar-refractivity contribution in [2.75, 3.05) is 13.6 Å². The summed E-state index contributed by atoms with van der Waals surface area (Å²) in [5, 5.41) is 0. The molecule has 0 radical (unpaired) electrons. The van der Waals surface area contributed by atoms with E-state index in [2.05, 4.69) is 0 Å². The average molecular weight is 263 g/mol. The molecule has 0 N–H and O–H groups in total. The van der Waals surface area contributed by atoms with Crippen molar-refractivity contribution < 1.29 is 19.1 Å². The molecule has 0 spiro atoms. The lowest BCUT2D eigenvalue weighted by Gasteiger charge is -2.15. The Balaban J connectivity index is 2.30. The van der Waals surface area contributed by atoms with Gasteiger partial charge >= 0.3 is 5.97 Å². The van der Waals surface area contributed by atoms with Gasteiger partial charge in [0.2, 0.25) is 5.91 Å². The average Bonchev–Trinajstić information content (AvgIpc) is 2.43. The molecule has 0 heterocycles. The summed E-state index contributed by atoms with van der Waals surface area (Å²) >= 11 is 0. The summed E-state index contributed by atoms with van der Waals surface area (Å²) in [6, 6.07) is 9.31. The topological polar surface area (TPSA) is 63.7 Å². The van der Waals surface area contributed by atoms with Crippen LogP contribution in [0, 0.1) is 0 Å². The molecule has 0 saturated carbocycles. The number of aldehydes is 1. The normalized spacial score (nSPS) is 9.74. The van der Waals surface area contributed by atoms with Gasteiger partial charge in [0.15, 0.2) is 0 Å². The number of ether oxygens (including phenoxy) is 1. The van der Waals surface area contributed by atoms with Crippen molar-refractivity contribution in [3.05, 3.63) is 35.9 Å². The molecule has 1 rings (SSSR count). The van der Waals surface area contributed by atoms with Crippen LogP contribution in [0.2, 0.25) is 0 Å². The highest BCUT2D eigenvalue weighted by Gasteiger charge is 2.13. The molecule has 19 heavy (non-hydrogen) atoms. The second-order valence-corrected chi connectivity index (χ2v) is 4.10. The lowest BCUT2D eigenvalue weighted by atomic mass is 10.2. The molecule has 0 unspecified atom stereocenters.